The third-order valence-corrected chi connectivity index (χ3v) is 4.84. The van der Waals surface area contributed by atoms with Crippen LogP contribution < -0.4 is 0 Å². The Balaban J connectivity index is 1.40. The quantitative estimate of drug-likeness (QED) is 0.739. The minimum atomic E-state index is 0.0400. The number of carbonyl (C=O) groups excluding carboxylic acids is 1. The first-order valence-electron chi connectivity index (χ1n) is 8.69. The number of hydrogen-bond donors (Lipinski definition) is 0. The molecule has 2 aromatic heterocycles. The van der Waals surface area contributed by atoms with Crippen LogP contribution >= 0.6 is 0 Å². The van der Waals surface area contributed by atoms with Crippen molar-refractivity contribution >= 4 is 17.1 Å². The van der Waals surface area contributed by atoms with Crippen LogP contribution in [0, 0.1) is 5.92 Å². The Bertz CT molecular complexity index is 873. The van der Waals surface area contributed by atoms with Crippen LogP contribution in [0.2, 0.25) is 0 Å². The first-order chi connectivity index (χ1) is 12.3. The molecule has 25 heavy (non-hydrogen) atoms. The molecule has 0 spiro atoms. The zero-order valence-corrected chi connectivity index (χ0v) is 14.0. The zero-order valence-electron chi connectivity index (χ0n) is 14.0. The predicted molar refractivity (Wildman–Crippen MR) is 96.1 cm³/mol. The summed E-state index contributed by atoms with van der Waals surface area (Å²) in [6, 6.07) is 12.4. The first-order valence-corrected chi connectivity index (χ1v) is 8.69. The van der Waals surface area contributed by atoms with Crippen molar-refractivity contribution in [3.63, 3.8) is 0 Å². The Kier molecular flexibility index (Phi) is 4.37. The van der Waals surface area contributed by atoms with Gasteiger partial charge >= 0.3 is 0 Å². The molecule has 5 nitrogen and oxygen atoms in total. The smallest absolute Gasteiger partial charge is 0.255 e. The summed E-state index contributed by atoms with van der Waals surface area (Å²) in [4.78, 5) is 27.3. The molecule has 0 N–H and O–H groups in total. The maximum atomic E-state index is 12.7. The van der Waals surface area contributed by atoms with E-state index in [2.05, 4.69) is 39.2 Å². The van der Waals surface area contributed by atoms with Gasteiger partial charge < -0.3 is 4.90 Å². The van der Waals surface area contributed by atoms with Gasteiger partial charge in [0.1, 0.15) is 5.52 Å². The van der Waals surface area contributed by atoms with E-state index in [0.717, 1.165) is 32.4 Å². The molecule has 1 fully saturated rings. The lowest BCUT2D eigenvalue weighted by atomic mass is 9.90. The highest BCUT2D eigenvalue weighted by Gasteiger charge is 2.24. The Morgan fingerprint density at radius 2 is 1.80 bits per heavy atom. The molecule has 4 rings (SSSR count). The van der Waals surface area contributed by atoms with Crippen LogP contribution in [0.3, 0.4) is 0 Å². The number of hydrogen-bond acceptors (Lipinski definition) is 4. The lowest BCUT2D eigenvalue weighted by Crippen LogP contribution is -2.39. The molecule has 1 aliphatic heterocycles. The first kappa shape index (κ1) is 15.7. The lowest BCUT2D eigenvalue weighted by Gasteiger charge is -2.32. The van der Waals surface area contributed by atoms with Crippen molar-refractivity contribution in [2.75, 3.05) is 13.1 Å². The maximum absolute atomic E-state index is 12.7. The molecule has 3 aromatic rings. The van der Waals surface area contributed by atoms with Crippen molar-refractivity contribution in [2.45, 2.75) is 19.3 Å². The van der Waals surface area contributed by atoms with Gasteiger partial charge in [-0.1, -0.05) is 30.3 Å². The van der Waals surface area contributed by atoms with Crippen LogP contribution in [0.4, 0.5) is 0 Å². The van der Waals surface area contributed by atoms with Crippen LogP contribution in [-0.2, 0) is 6.42 Å². The second kappa shape index (κ2) is 6.97. The average molecular weight is 332 g/mol. The molecule has 0 saturated carbocycles. The summed E-state index contributed by atoms with van der Waals surface area (Å²) >= 11 is 0. The van der Waals surface area contributed by atoms with E-state index in [9.17, 15) is 4.79 Å². The van der Waals surface area contributed by atoms with Gasteiger partial charge in [-0.15, -0.1) is 0 Å². The molecule has 1 saturated heterocycles. The lowest BCUT2D eigenvalue weighted by molar-refractivity contribution is 0.0690. The number of likely N-dealkylation sites (tertiary alicyclic amines) is 1. The Morgan fingerprint density at radius 1 is 1.04 bits per heavy atom. The summed E-state index contributed by atoms with van der Waals surface area (Å²) in [7, 11) is 0. The number of fused-ring (bicyclic) bond motifs is 1. The summed E-state index contributed by atoms with van der Waals surface area (Å²) in [5.41, 5.74) is 3.20. The fraction of sp³-hybridized carbons (Fsp3) is 0.300. The van der Waals surface area contributed by atoms with Gasteiger partial charge in [0, 0.05) is 31.7 Å². The fourth-order valence-corrected chi connectivity index (χ4v) is 3.45. The minimum absolute atomic E-state index is 0.0400. The van der Waals surface area contributed by atoms with Crippen LogP contribution in [0.25, 0.3) is 11.2 Å². The molecule has 0 aliphatic carbocycles. The highest BCUT2D eigenvalue weighted by Crippen LogP contribution is 2.23. The summed E-state index contributed by atoms with van der Waals surface area (Å²) in [6.45, 7) is 1.60. The second-order valence-corrected chi connectivity index (χ2v) is 6.55. The Labute approximate surface area is 146 Å². The highest BCUT2D eigenvalue weighted by molar-refractivity contribution is 5.96. The van der Waals surface area contributed by atoms with Crippen LogP contribution in [0.15, 0.2) is 55.0 Å². The average Bonchev–Trinajstić information content (AvgIpc) is 2.68. The molecule has 0 atom stereocenters. The SMILES string of the molecule is O=C(c1cnc2nccnc2c1)N1CCC(Cc2ccccc2)CC1. The molecular weight excluding hydrogens is 312 g/mol. The van der Waals surface area contributed by atoms with E-state index < -0.39 is 0 Å². The van der Waals surface area contributed by atoms with Crippen molar-refractivity contribution in [1.82, 2.24) is 19.9 Å². The Morgan fingerprint density at radius 3 is 2.60 bits per heavy atom. The largest absolute Gasteiger partial charge is 0.339 e. The van der Waals surface area contributed by atoms with E-state index >= 15 is 0 Å². The van der Waals surface area contributed by atoms with Crippen molar-refractivity contribution in [2.24, 2.45) is 5.92 Å². The summed E-state index contributed by atoms with van der Waals surface area (Å²) < 4.78 is 0. The number of benzene rings is 1. The van der Waals surface area contributed by atoms with Crippen LogP contribution in [0.5, 0.6) is 0 Å². The van der Waals surface area contributed by atoms with Gasteiger partial charge in [-0.05, 0) is 36.8 Å². The molecule has 5 heteroatoms. The molecular formula is C20H20N4O. The van der Waals surface area contributed by atoms with E-state index in [1.54, 1.807) is 24.7 Å². The third kappa shape index (κ3) is 3.50. The number of piperidine rings is 1. The zero-order chi connectivity index (χ0) is 17.1. The monoisotopic (exact) mass is 332 g/mol. The number of amides is 1. The van der Waals surface area contributed by atoms with E-state index in [1.165, 1.54) is 5.56 Å². The van der Waals surface area contributed by atoms with Gasteiger partial charge in [0.05, 0.1) is 5.56 Å². The summed E-state index contributed by atoms with van der Waals surface area (Å²) in [6.07, 6.45) is 8.01. The molecule has 0 unspecified atom stereocenters. The number of nitrogens with zero attached hydrogens (tertiary/aromatic N) is 4. The van der Waals surface area contributed by atoms with Gasteiger partial charge in [-0.2, -0.15) is 0 Å². The number of rotatable bonds is 3. The normalized spacial score (nSPS) is 15.4. The third-order valence-electron chi connectivity index (χ3n) is 4.84. The standard InChI is InChI=1S/C20H20N4O/c25-20(17-13-18-19(23-14-17)22-9-8-21-18)24-10-6-16(7-11-24)12-15-4-2-1-3-5-15/h1-5,8-9,13-14,16H,6-7,10-12H2. The molecule has 3 heterocycles. The summed E-state index contributed by atoms with van der Waals surface area (Å²) in [5, 5.41) is 0. The van der Waals surface area contributed by atoms with Crippen molar-refractivity contribution in [1.29, 1.82) is 0 Å². The minimum Gasteiger partial charge on any atom is -0.339 e. The van der Waals surface area contributed by atoms with Gasteiger partial charge in [0.25, 0.3) is 5.91 Å². The highest BCUT2D eigenvalue weighted by atomic mass is 16.2. The van der Waals surface area contributed by atoms with E-state index in [1.807, 2.05) is 11.0 Å². The van der Waals surface area contributed by atoms with E-state index in [4.69, 9.17) is 0 Å². The molecule has 1 aliphatic rings. The molecule has 1 aromatic carbocycles. The number of pyridine rings is 1. The van der Waals surface area contributed by atoms with Crippen molar-refractivity contribution < 1.29 is 4.79 Å². The topological polar surface area (TPSA) is 59.0 Å². The van der Waals surface area contributed by atoms with Crippen LogP contribution in [-0.4, -0.2) is 38.8 Å². The molecule has 0 bridgehead atoms. The van der Waals surface area contributed by atoms with Gasteiger partial charge in [0.2, 0.25) is 0 Å². The van der Waals surface area contributed by atoms with E-state index in [0.29, 0.717) is 22.6 Å². The van der Waals surface area contributed by atoms with Gasteiger partial charge in [-0.25, -0.2) is 9.97 Å². The van der Waals surface area contributed by atoms with Crippen LogP contribution in [0.1, 0.15) is 28.8 Å². The van der Waals surface area contributed by atoms with Gasteiger partial charge in [0.15, 0.2) is 5.65 Å². The number of aromatic nitrogens is 3. The maximum Gasteiger partial charge on any atom is 0.255 e. The van der Waals surface area contributed by atoms with Gasteiger partial charge in [-0.3, -0.25) is 9.78 Å². The molecule has 0 radical (unpaired) electrons. The summed E-state index contributed by atoms with van der Waals surface area (Å²) in [5.74, 6) is 0.685. The predicted octanol–water partition coefficient (Wildman–Crippen LogP) is 3.12. The molecule has 1 amide bonds. The second-order valence-electron chi connectivity index (χ2n) is 6.55. The van der Waals surface area contributed by atoms with Crippen molar-refractivity contribution in [3.05, 3.63) is 66.1 Å². The van der Waals surface area contributed by atoms with E-state index in [-0.39, 0.29) is 5.91 Å². The van der Waals surface area contributed by atoms with Crippen molar-refractivity contribution in [3.8, 4) is 0 Å². The Hall–Kier alpha value is -2.82. The molecule has 126 valence electrons. The fourth-order valence-electron chi connectivity index (χ4n) is 3.45. The number of carbonyl (C=O) groups is 1.